The number of benzene rings is 1. The lowest BCUT2D eigenvalue weighted by molar-refractivity contribution is -0.137. The van der Waals surface area contributed by atoms with Gasteiger partial charge in [0.2, 0.25) is 0 Å². The summed E-state index contributed by atoms with van der Waals surface area (Å²) in [5.74, 6) is -0.398. The molecule has 1 atom stereocenters. The normalized spacial score (nSPS) is 12.7. The predicted molar refractivity (Wildman–Crippen MR) is 88.3 cm³/mol. The van der Waals surface area contributed by atoms with Crippen LogP contribution in [0.1, 0.15) is 41.4 Å². The van der Waals surface area contributed by atoms with E-state index in [9.17, 15) is 22.8 Å². The molecule has 7 heteroatoms. The van der Waals surface area contributed by atoms with Gasteiger partial charge in [0.05, 0.1) is 11.6 Å². The van der Waals surface area contributed by atoms with Crippen molar-refractivity contribution in [3.63, 3.8) is 0 Å². The molecule has 0 saturated heterocycles. The van der Waals surface area contributed by atoms with Gasteiger partial charge >= 0.3 is 6.18 Å². The smallest absolute Gasteiger partial charge is 0.332 e. The van der Waals surface area contributed by atoms with Gasteiger partial charge in [0.25, 0.3) is 11.5 Å². The van der Waals surface area contributed by atoms with E-state index in [0.29, 0.717) is 12.1 Å². The maximum atomic E-state index is 12.9. The third-order valence-corrected chi connectivity index (χ3v) is 4.12. The Hall–Kier alpha value is -2.57. The summed E-state index contributed by atoms with van der Waals surface area (Å²) < 4.78 is 40.0. The molecule has 1 amide bonds. The Kier molecular flexibility index (Phi) is 5.35. The molecule has 0 saturated carbocycles. The number of pyridine rings is 1. The highest BCUT2D eigenvalue weighted by atomic mass is 19.4. The average molecular weight is 352 g/mol. The molecule has 134 valence electrons. The summed E-state index contributed by atoms with van der Waals surface area (Å²) >= 11 is 0. The lowest BCUT2D eigenvalue weighted by Crippen LogP contribution is -2.34. The monoisotopic (exact) mass is 352 g/mol. The molecule has 0 radical (unpaired) electrons. The fourth-order valence-electron chi connectivity index (χ4n) is 2.60. The van der Waals surface area contributed by atoms with E-state index in [1.165, 1.54) is 33.9 Å². The standard InChI is InChI=1S/C18H19F3N2O2/c1-4-23(17(25)14-8-9-22(3)16(24)11-14)12(2)13-6-5-7-15(10-13)18(19,20)21/h5-12H,4H2,1-3H3. The van der Waals surface area contributed by atoms with Gasteiger partial charge in [-0.1, -0.05) is 12.1 Å². The van der Waals surface area contributed by atoms with Crippen LogP contribution in [0.4, 0.5) is 13.2 Å². The highest BCUT2D eigenvalue weighted by Crippen LogP contribution is 2.32. The molecule has 2 aromatic rings. The molecule has 1 heterocycles. The SMILES string of the molecule is CCN(C(=O)c1ccn(C)c(=O)c1)C(C)c1cccc(C(F)(F)F)c1. The van der Waals surface area contributed by atoms with Crippen molar-refractivity contribution in [2.75, 3.05) is 6.54 Å². The first-order valence-corrected chi connectivity index (χ1v) is 7.80. The van der Waals surface area contributed by atoms with E-state index >= 15 is 0 Å². The van der Waals surface area contributed by atoms with Crippen molar-refractivity contribution in [3.8, 4) is 0 Å². The lowest BCUT2D eigenvalue weighted by Gasteiger charge is -2.29. The number of carbonyl (C=O) groups is 1. The van der Waals surface area contributed by atoms with Crippen molar-refractivity contribution in [3.05, 3.63) is 69.6 Å². The molecular formula is C18H19F3N2O2. The molecular weight excluding hydrogens is 333 g/mol. The molecule has 0 aliphatic heterocycles. The van der Waals surface area contributed by atoms with E-state index in [4.69, 9.17) is 0 Å². The summed E-state index contributed by atoms with van der Waals surface area (Å²) in [5, 5.41) is 0. The van der Waals surface area contributed by atoms with Gasteiger partial charge in [0.15, 0.2) is 0 Å². The second kappa shape index (κ2) is 7.13. The van der Waals surface area contributed by atoms with Gasteiger partial charge in [-0.15, -0.1) is 0 Å². The van der Waals surface area contributed by atoms with Crippen LogP contribution in [0, 0.1) is 0 Å². The van der Waals surface area contributed by atoms with Crippen molar-refractivity contribution >= 4 is 5.91 Å². The summed E-state index contributed by atoms with van der Waals surface area (Å²) in [4.78, 5) is 25.8. The maximum absolute atomic E-state index is 12.9. The fraction of sp³-hybridized carbons (Fsp3) is 0.333. The van der Waals surface area contributed by atoms with Gasteiger partial charge in [-0.3, -0.25) is 9.59 Å². The first kappa shape index (κ1) is 18.8. The zero-order chi connectivity index (χ0) is 18.8. The number of alkyl halides is 3. The number of nitrogens with zero attached hydrogens (tertiary/aromatic N) is 2. The summed E-state index contributed by atoms with van der Waals surface area (Å²) in [6.07, 6.45) is -2.96. The van der Waals surface area contributed by atoms with Gasteiger partial charge in [0.1, 0.15) is 0 Å². The maximum Gasteiger partial charge on any atom is 0.416 e. The highest BCUT2D eigenvalue weighted by Gasteiger charge is 2.31. The quantitative estimate of drug-likeness (QED) is 0.843. The molecule has 2 rings (SSSR count). The molecule has 0 fully saturated rings. The van der Waals surface area contributed by atoms with Crippen molar-refractivity contribution in [1.29, 1.82) is 0 Å². The van der Waals surface area contributed by atoms with E-state index in [1.807, 2.05) is 0 Å². The Bertz CT molecular complexity index is 828. The van der Waals surface area contributed by atoms with E-state index in [0.717, 1.165) is 12.1 Å². The van der Waals surface area contributed by atoms with Crippen molar-refractivity contribution < 1.29 is 18.0 Å². The average Bonchev–Trinajstić information content (AvgIpc) is 2.57. The van der Waals surface area contributed by atoms with E-state index < -0.39 is 23.7 Å². The summed E-state index contributed by atoms with van der Waals surface area (Å²) in [6.45, 7) is 3.70. The second-order valence-electron chi connectivity index (χ2n) is 5.75. The summed E-state index contributed by atoms with van der Waals surface area (Å²) in [5.41, 5.74) is -0.486. The molecule has 1 aromatic carbocycles. The number of hydrogen-bond donors (Lipinski definition) is 0. The lowest BCUT2D eigenvalue weighted by atomic mass is 10.0. The Morgan fingerprint density at radius 3 is 2.48 bits per heavy atom. The second-order valence-corrected chi connectivity index (χ2v) is 5.75. The Labute approximate surface area is 143 Å². The van der Waals surface area contributed by atoms with Crippen LogP contribution in [0.15, 0.2) is 47.4 Å². The topological polar surface area (TPSA) is 42.3 Å². The third-order valence-electron chi connectivity index (χ3n) is 4.12. The number of aromatic nitrogens is 1. The first-order chi connectivity index (χ1) is 11.6. The van der Waals surface area contributed by atoms with E-state index in [2.05, 4.69) is 0 Å². The van der Waals surface area contributed by atoms with Crippen molar-refractivity contribution in [1.82, 2.24) is 9.47 Å². The Morgan fingerprint density at radius 1 is 1.24 bits per heavy atom. The van der Waals surface area contributed by atoms with Crippen LogP contribution in [0.25, 0.3) is 0 Å². The molecule has 25 heavy (non-hydrogen) atoms. The zero-order valence-electron chi connectivity index (χ0n) is 14.2. The number of amides is 1. The molecule has 0 aliphatic carbocycles. The largest absolute Gasteiger partial charge is 0.416 e. The van der Waals surface area contributed by atoms with Crippen LogP contribution in [-0.2, 0) is 13.2 Å². The minimum atomic E-state index is -4.44. The number of rotatable bonds is 4. The minimum Gasteiger partial charge on any atom is -0.332 e. The van der Waals surface area contributed by atoms with Gasteiger partial charge in [-0.25, -0.2) is 0 Å². The molecule has 4 nitrogen and oxygen atoms in total. The summed E-state index contributed by atoms with van der Waals surface area (Å²) in [7, 11) is 1.57. The highest BCUT2D eigenvalue weighted by molar-refractivity contribution is 5.94. The minimum absolute atomic E-state index is 0.212. The third kappa shape index (κ3) is 4.10. The number of hydrogen-bond acceptors (Lipinski definition) is 2. The van der Waals surface area contributed by atoms with Gasteiger partial charge < -0.3 is 9.47 Å². The van der Waals surface area contributed by atoms with Crippen molar-refractivity contribution in [2.45, 2.75) is 26.1 Å². The van der Waals surface area contributed by atoms with Crippen molar-refractivity contribution in [2.24, 2.45) is 7.05 Å². The van der Waals surface area contributed by atoms with Crippen LogP contribution in [0.5, 0.6) is 0 Å². The Morgan fingerprint density at radius 2 is 1.92 bits per heavy atom. The molecule has 1 unspecified atom stereocenters. The molecule has 0 aliphatic rings. The number of carbonyl (C=O) groups excluding carboxylic acids is 1. The Balaban J connectivity index is 2.35. The van der Waals surface area contributed by atoms with E-state index in [1.54, 1.807) is 27.0 Å². The zero-order valence-corrected chi connectivity index (χ0v) is 14.2. The molecule has 0 spiro atoms. The first-order valence-electron chi connectivity index (χ1n) is 7.80. The molecule has 0 N–H and O–H groups in total. The number of halogens is 3. The van der Waals surface area contributed by atoms with Crippen LogP contribution in [0.2, 0.25) is 0 Å². The van der Waals surface area contributed by atoms with Gasteiger partial charge in [-0.05, 0) is 37.6 Å². The predicted octanol–water partition coefficient (Wildman–Crippen LogP) is 3.63. The van der Waals surface area contributed by atoms with Crippen LogP contribution >= 0.6 is 0 Å². The van der Waals surface area contributed by atoms with Crippen LogP contribution in [0.3, 0.4) is 0 Å². The molecule has 0 bridgehead atoms. The number of aryl methyl sites for hydroxylation is 1. The van der Waals surface area contributed by atoms with Crippen LogP contribution in [-0.4, -0.2) is 21.9 Å². The van der Waals surface area contributed by atoms with Gasteiger partial charge in [-0.2, -0.15) is 13.2 Å². The molecule has 1 aromatic heterocycles. The van der Waals surface area contributed by atoms with Gasteiger partial charge in [0, 0.05) is 31.4 Å². The van der Waals surface area contributed by atoms with Crippen LogP contribution < -0.4 is 5.56 Å². The van der Waals surface area contributed by atoms with E-state index in [-0.39, 0.29) is 11.1 Å². The fourth-order valence-corrected chi connectivity index (χ4v) is 2.60. The summed E-state index contributed by atoms with van der Waals surface area (Å²) in [6, 6.07) is 7.10.